The Hall–Kier alpha value is -3.26. The van der Waals surface area contributed by atoms with Crippen molar-refractivity contribution in [2.24, 2.45) is 20.5 Å². The summed E-state index contributed by atoms with van der Waals surface area (Å²) >= 11 is -3.01. The summed E-state index contributed by atoms with van der Waals surface area (Å²) in [6.07, 6.45) is 9.77. The Morgan fingerprint density at radius 2 is 1.05 bits per heavy atom. The number of azo groups is 2. The maximum absolute atomic E-state index is 12.1. The normalized spacial score (nSPS) is 16.6. The Balaban J connectivity index is 1.95. The molecule has 2 atom stereocenters. The van der Waals surface area contributed by atoms with E-state index >= 15 is 0 Å². The van der Waals surface area contributed by atoms with Crippen LogP contribution in [-0.2, 0) is 27.7 Å². The summed E-state index contributed by atoms with van der Waals surface area (Å²) in [6, 6.07) is 1.45. The van der Waals surface area contributed by atoms with Gasteiger partial charge >= 0.3 is 240 Å². The third-order valence-electron chi connectivity index (χ3n) is 5.57. The van der Waals surface area contributed by atoms with Crippen LogP contribution < -0.4 is 0 Å². The molecule has 0 aromatic heterocycles. The molecular formula is C22H18As2N4O10S2. The number of nitrogens with zero attached hydrogens (tertiary/aromatic N) is 4. The molecule has 2 aromatic rings. The predicted molar refractivity (Wildman–Crippen MR) is 145 cm³/mol. The van der Waals surface area contributed by atoms with E-state index in [2.05, 4.69) is 20.5 Å². The van der Waals surface area contributed by atoms with Crippen molar-refractivity contribution >= 4 is 81.5 Å². The molecule has 0 radical (unpaired) electrons. The summed E-state index contributed by atoms with van der Waals surface area (Å²) in [7, 11) is -10.2. The second kappa shape index (κ2) is 11.7. The minimum atomic E-state index is -5.08. The number of phenolic OH excluding ortho intramolecular Hbond substituents is 2. The standard InChI is InChI=1S/C22H18As2N4O10S2/c29-21-18-11(9-16(39(33,34)35)19(21)27-25-14-5-1-12(23-31)2-6-14)10-17(40(36,37)38)20(22(18)30)28-26-15-7-3-13(24-32)4-8-15/h1,3,5-10,23-24,29-30H,2,4H2,(H,33,34,35)(H,36,37,38). The fraction of sp³-hybridized carbons (Fsp3) is 0.0909. The first kappa shape index (κ1) is 29.7. The summed E-state index contributed by atoms with van der Waals surface area (Å²) in [4.78, 5) is -1.94. The first-order chi connectivity index (χ1) is 18.8. The zero-order valence-corrected chi connectivity index (χ0v) is 25.7. The van der Waals surface area contributed by atoms with Crippen molar-refractivity contribution in [3.05, 3.63) is 60.0 Å². The van der Waals surface area contributed by atoms with Crippen molar-refractivity contribution < 1.29 is 43.6 Å². The van der Waals surface area contributed by atoms with Crippen LogP contribution in [0.15, 0.2) is 90.2 Å². The van der Waals surface area contributed by atoms with Crippen LogP contribution in [-0.4, -0.2) is 75.3 Å². The Labute approximate surface area is 238 Å². The van der Waals surface area contributed by atoms with Gasteiger partial charge in [0.2, 0.25) is 0 Å². The topological polar surface area (TPSA) is 233 Å². The quantitative estimate of drug-likeness (QED) is 0.194. The fourth-order valence-electron chi connectivity index (χ4n) is 3.64. The van der Waals surface area contributed by atoms with Crippen molar-refractivity contribution in [1.82, 2.24) is 0 Å². The zero-order chi connectivity index (χ0) is 29.2. The average Bonchev–Trinajstić information content (AvgIpc) is 2.91. The van der Waals surface area contributed by atoms with Crippen molar-refractivity contribution in [2.45, 2.75) is 22.6 Å². The van der Waals surface area contributed by atoms with Gasteiger partial charge in [0.05, 0.1) is 0 Å². The van der Waals surface area contributed by atoms with Crippen LogP contribution in [0.5, 0.6) is 11.5 Å². The van der Waals surface area contributed by atoms with Crippen molar-refractivity contribution in [3.8, 4) is 11.5 Å². The molecule has 2 aliphatic carbocycles. The summed E-state index contributed by atoms with van der Waals surface area (Å²) in [6.45, 7) is 0. The molecule has 4 N–H and O–H groups in total. The summed E-state index contributed by atoms with van der Waals surface area (Å²) in [5.41, 5.74) is -1.12. The van der Waals surface area contributed by atoms with Gasteiger partial charge in [-0.15, -0.1) is 0 Å². The van der Waals surface area contributed by atoms with Gasteiger partial charge in [0.15, 0.2) is 0 Å². The van der Waals surface area contributed by atoms with E-state index in [9.17, 15) is 43.6 Å². The van der Waals surface area contributed by atoms with Gasteiger partial charge in [-0.05, 0) is 0 Å². The molecule has 18 heteroatoms. The van der Waals surface area contributed by atoms with Crippen molar-refractivity contribution in [2.75, 3.05) is 0 Å². The van der Waals surface area contributed by atoms with E-state index in [1.807, 2.05) is 0 Å². The van der Waals surface area contributed by atoms with E-state index in [1.165, 1.54) is 12.2 Å². The van der Waals surface area contributed by atoms with Crippen LogP contribution in [0.2, 0.25) is 0 Å². The van der Waals surface area contributed by atoms with E-state index in [-0.39, 0.29) is 11.4 Å². The van der Waals surface area contributed by atoms with E-state index in [0.717, 1.165) is 12.1 Å². The van der Waals surface area contributed by atoms with Gasteiger partial charge in [-0.1, -0.05) is 0 Å². The molecule has 0 bridgehead atoms. The molecule has 0 amide bonds. The SMILES string of the molecule is O=[AsH]=C1C=CC(N=Nc2c(S(=O)(=O)O)cc3cc(S(=O)(=O)O)c(N=NC4=CCC(=[AsH]=O)C=C4)c(O)c3c2O)=CC1. The second-order valence-electron chi connectivity index (χ2n) is 8.18. The number of benzene rings is 2. The van der Waals surface area contributed by atoms with Gasteiger partial charge < -0.3 is 0 Å². The van der Waals surface area contributed by atoms with Gasteiger partial charge in [0.1, 0.15) is 0 Å². The molecule has 2 unspecified atom stereocenters. The molecular weight excluding hydrogens is 694 g/mol. The second-order valence-corrected chi connectivity index (χ2v) is 14.5. The molecule has 40 heavy (non-hydrogen) atoms. The van der Waals surface area contributed by atoms with Gasteiger partial charge in [-0.25, -0.2) is 0 Å². The predicted octanol–water partition coefficient (Wildman–Crippen LogP) is 2.51. The van der Waals surface area contributed by atoms with Crippen LogP contribution in [0.1, 0.15) is 12.8 Å². The molecule has 4 rings (SSSR count). The number of fused-ring (bicyclic) bond motifs is 1. The number of hydrogen-bond acceptors (Lipinski definition) is 12. The Bertz CT molecular complexity index is 1840. The van der Waals surface area contributed by atoms with Gasteiger partial charge in [-0.2, -0.15) is 0 Å². The van der Waals surface area contributed by atoms with E-state index in [0.29, 0.717) is 21.4 Å². The molecule has 0 saturated carbocycles. The molecule has 14 nitrogen and oxygen atoms in total. The summed E-state index contributed by atoms with van der Waals surface area (Å²) in [5.74, 6) is -2.00. The monoisotopic (exact) mass is 712 g/mol. The summed E-state index contributed by atoms with van der Waals surface area (Å²) in [5, 5.41) is 36.2. The van der Waals surface area contributed by atoms with Gasteiger partial charge in [0, 0.05) is 0 Å². The van der Waals surface area contributed by atoms with Crippen LogP contribution in [0.4, 0.5) is 11.4 Å². The van der Waals surface area contributed by atoms with Crippen LogP contribution in [0, 0.1) is 0 Å². The minimum absolute atomic E-state index is 0.221. The zero-order valence-electron chi connectivity index (χ0n) is 19.9. The molecule has 2 aromatic carbocycles. The summed E-state index contributed by atoms with van der Waals surface area (Å²) < 4.78 is 91.7. The van der Waals surface area contributed by atoms with E-state index < -0.39 is 94.2 Å². The molecule has 2 aliphatic rings. The first-order valence-electron chi connectivity index (χ1n) is 10.9. The molecule has 0 spiro atoms. The van der Waals surface area contributed by atoms with Crippen molar-refractivity contribution in [3.63, 3.8) is 0 Å². The fourth-order valence-corrected chi connectivity index (χ4v) is 6.36. The Morgan fingerprint density at radius 1 is 0.650 bits per heavy atom. The van der Waals surface area contributed by atoms with Gasteiger partial charge in [-0.3, -0.25) is 0 Å². The van der Waals surface area contributed by atoms with Crippen LogP contribution in [0.3, 0.4) is 0 Å². The van der Waals surface area contributed by atoms with Crippen LogP contribution in [0.25, 0.3) is 10.8 Å². The van der Waals surface area contributed by atoms with Gasteiger partial charge in [0.25, 0.3) is 0 Å². The molecule has 0 saturated heterocycles. The number of phenols is 2. The number of hydrogen-bond donors (Lipinski definition) is 4. The molecule has 0 fully saturated rings. The Morgan fingerprint density at radius 3 is 1.35 bits per heavy atom. The van der Waals surface area contributed by atoms with E-state index in [4.69, 9.17) is 0 Å². The van der Waals surface area contributed by atoms with Crippen LogP contribution >= 0.6 is 0 Å². The number of rotatable bonds is 6. The molecule has 0 aliphatic heterocycles. The Kier molecular flexibility index (Phi) is 8.68. The van der Waals surface area contributed by atoms with Crippen molar-refractivity contribution in [1.29, 1.82) is 0 Å². The van der Waals surface area contributed by atoms with E-state index in [1.54, 1.807) is 24.3 Å². The first-order valence-corrected chi connectivity index (χ1v) is 17.6. The third kappa shape index (κ3) is 6.38. The molecule has 208 valence electrons. The maximum atomic E-state index is 12.1. The average molecular weight is 712 g/mol. The number of aromatic hydroxyl groups is 2. The third-order valence-corrected chi connectivity index (χ3v) is 9.96. The number of allylic oxidation sites excluding steroid dienone is 6. The molecule has 0 heterocycles.